The van der Waals surface area contributed by atoms with Crippen LogP contribution >= 0.6 is 11.6 Å². The SMILES string of the molecule is COc1cc(F)c(/C(O)=C2/C(=O)Nc3cc(Cl)c(-c4ccc(N5CCOCC5)cc4)cc32)cc1F. The van der Waals surface area contributed by atoms with E-state index in [0.717, 1.165) is 36.5 Å². The average Bonchev–Trinajstić information content (AvgIpc) is 3.19. The molecule has 0 saturated carbocycles. The van der Waals surface area contributed by atoms with Crippen LogP contribution < -0.4 is 15.0 Å². The molecule has 3 aromatic carbocycles. The van der Waals surface area contributed by atoms with Gasteiger partial charge in [-0.05, 0) is 35.9 Å². The maximum atomic E-state index is 14.6. The molecule has 1 fully saturated rings. The molecule has 0 aliphatic carbocycles. The van der Waals surface area contributed by atoms with E-state index in [9.17, 15) is 18.7 Å². The standard InChI is InChI=1S/C26H21ClF2N2O4/c1-34-23-13-20(28)17(11-21(23)29)25(32)24-18-10-16(19(27)12-22(18)30-26(24)33)14-2-4-15(5-3-14)31-6-8-35-9-7-31/h2-5,10-13,32H,6-9H2,1H3,(H,30,33)/b25-24-. The summed E-state index contributed by atoms with van der Waals surface area (Å²) in [5.41, 5.74) is 2.56. The van der Waals surface area contributed by atoms with Crippen molar-refractivity contribution >= 4 is 40.2 Å². The number of nitrogens with zero attached hydrogens (tertiary/aromatic N) is 1. The highest BCUT2D eigenvalue weighted by molar-refractivity contribution is 6.38. The van der Waals surface area contributed by atoms with Crippen LogP contribution in [0.1, 0.15) is 11.1 Å². The number of rotatable bonds is 4. The Morgan fingerprint density at radius 2 is 1.77 bits per heavy atom. The second-order valence-corrected chi connectivity index (χ2v) is 8.58. The van der Waals surface area contributed by atoms with Gasteiger partial charge in [0.05, 0.1) is 42.2 Å². The molecule has 5 rings (SSSR count). The molecule has 180 valence electrons. The van der Waals surface area contributed by atoms with E-state index in [1.165, 1.54) is 7.11 Å². The Morgan fingerprint density at radius 1 is 1.06 bits per heavy atom. The van der Waals surface area contributed by atoms with Gasteiger partial charge >= 0.3 is 0 Å². The summed E-state index contributed by atoms with van der Waals surface area (Å²) >= 11 is 6.52. The zero-order chi connectivity index (χ0) is 24.7. The summed E-state index contributed by atoms with van der Waals surface area (Å²) in [5, 5.41) is 13.9. The fourth-order valence-corrected chi connectivity index (χ4v) is 4.59. The predicted molar refractivity (Wildman–Crippen MR) is 131 cm³/mol. The molecule has 1 saturated heterocycles. The van der Waals surface area contributed by atoms with Crippen molar-refractivity contribution in [3.63, 3.8) is 0 Å². The maximum absolute atomic E-state index is 14.6. The Balaban J connectivity index is 1.56. The van der Waals surface area contributed by atoms with Crippen molar-refractivity contribution < 1.29 is 28.2 Å². The quantitative estimate of drug-likeness (QED) is 0.367. The van der Waals surface area contributed by atoms with Gasteiger partial charge in [0.2, 0.25) is 0 Å². The highest BCUT2D eigenvalue weighted by Crippen LogP contribution is 2.42. The number of carbonyl (C=O) groups is 1. The van der Waals surface area contributed by atoms with Crippen LogP contribution in [0.3, 0.4) is 0 Å². The van der Waals surface area contributed by atoms with Crippen LogP contribution in [0.15, 0.2) is 48.5 Å². The minimum atomic E-state index is -0.928. The lowest BCUT2D eigenvalue weighted by Gasteiger charge is -2.29. The van der Waals surface area contributed by atoms with Crippen LogP contribution in [0.5, 0.6) is 5.75 Å². The zero-order valence-corrected chi connectivity index (χ0v) is 19.5. The summed E-state index contributed by atoms with van der Waals surface area (Å²) < 4.78 is 39.0. The van der Waals surface area contributed by atoms with E-state index in [-0.39, 0.29) is 11.3 Å². The molecule has 2 heterocycles. The third kappa shape index (κ3) is 4.19. The van der Waals surface area contributed by atoms with Crippen molar-refractivity contribution in [3.8, 4) is 16.9 Å². The number of fused-ring (bicyclic) bond motifs is 1. The highest BCUT2D eigenvalue weighted by atomic mass is 35.5. The maximum Gasteiger partial charge on any atom is 0.260 e. The molecular weight excluding hydrogens is 478 g/mol. The Labute approximate surface area is 205 Å². The molecule has 0 spiro atoms. The van der Waals surface area contributed by atoms with Gasteiger partial charge in [0.15, 0.2) is 11.6 Å². The lowest BCUT2D eigenvalue weighted by atomic mass is 9.96. The van der Waals surface area contributed by atoms with Gasteiger partial charge in [-0.25, -0.2) is 8.78 Å². The van der Waals surface area contributed by atoms with Gasteiger partial charge in [0.1, 0.15) is 11.6 Å². The number of anilines is 2. The van der Waals surface area contributed by atoms with E-state index in [0.29, 0.717) is 35.1 Å². The summed E-state index contributed by atoms with van der Waals surface area (Å²) in [6.45, 7) is 2.97. The van der Waals surface area contributed by atoms with Crippen molar-refractivity contribution in [3.05, 3.63) is 76.3 Å². The number of aliphatic hydroxyl groups is 1. The van der Waals surface area contributed by atoms with E-state index in [2.05, 4.69) is 10.2 Å². The molecular formula is C26H21ClF2N2O4. The van der Waals surface area contributed by atoms with E-state index >= 15 is 0 Å². The van der Waals surface area contributed by atoms with Crippen LogP contribution in [0, 0.1) is 11.6 Å². The number of halogens is 3. The second-order valence-electron chi connectivity index (χ2n) is 8.17. The predicted octanol–water partition coefficient (Wildman–Crippen LogP) is 5.51. The highest BCUT2D eigenvalue weighted by Gasteiger charge is 2.31. The molecule has 2 aliphatic heterocycles. The molecule has 1 amide bonds. The van der Waals surface area contributed by atoms with Crippen LogP contribution in [0.4, 0.5) is 20.2 Å². The number of hydrogen-bond donors (Lipinski definition) is 2. The number of aliphatic hydroxyl groups excluding tert-OH is 1. The fraction of sp³-hybridized carbons (Fsp3) is 0.192. The van der Waals surface area contributed by atoms with E-state index in [4.69, 9.17) is 21.1 Å². The molecule has 0 atom stereocenters. The Morgan fingerprint density at radius 3 is 2.46 bits per heavy atom. The zero-order valence-electron chi connectivity index (χ0n) is 18.7. The molecule has 0 unspecified atom stereocenters. The lowest BCUT2D eigenvalue weighted by Crippen LogP contribution is -2.36. The first-order valence-electron chi connectivity index (χ1n) is 10.9. The third-order valence-electron chi connectivity index (χ3n) is 6.14. The van der Waals surface area contributed by atoms with Gasteiger partial charge in [-0.15, -0.1) is 0 Å². The molecule has 2 N–H and O–H groups in total. The van der Waals surface area contributed by atoms with Crippen molar-refractivity contribution in [1.82, 2.24) is 0 Å². The van der Waals surface area contributed by atoms with E-state index in [1.54, 1.807) is 12.1 Å². The van der Waals surface area contributed by atoms with Gasteiger partial charge in [-0.1, -0.05) is 23.7 Å². The number of benzene rings is 3. The minimum absolute atomic E-state index is 0.175. The average molecular weight is 499 g/mol. The number of nitrogens with one attached hydrogen (secondary N) is 1. The fourth-order valence-electron chi connectivity index (χ4n) is 4.32. The monoisotopic (exact) mass is 498 g/mol. The Bertz CT molecular complexity index is 1350. The molecule has 2 aliphatic rings. The van der Waals surface area contributed by atoms with Crippen LogP contribution in [-0.2, 0) is 9.53 Å². The second kappa shape index (κ2) is 9.20. The van der Waals surface area contributed by atoms with Crippen molar-refractivity contribution in [1.29, 1.82) is 0 Å². The summed E-state index contributed by atoms with van der Waals surface area (Å²) in [6.07, 6.45) is 0. The normalized spacial score (nSPS) is 16.7. The first-order valence-corrected chi connectivity index (χ1v) is 11.3. The topological polar surface area (TPSA) is 71.0 Å². The van der Waals surface area contributed by atoms with Gasteiger partial charge in [0.25, 0.3) is 5.91 Å². The van der Waals surface area contributed by atoms with Gasteiger partial charge < -0.3 is 24.8 Å². The number of methoxy groups -OCH3 is 1. The number of morpholine rings is 1. The molecule has 0 radical (unpaired) electrons. The third-order valence-corrected chi connectivity index (χ3v) is 6.45. The van der Waals surface area contributed by atoms with E-state index < -0.39 is 28.9 Å². The van der Waals surface area contributed by atoms with Crippen LogP contribution in [0.25, 0.3) is 22.5 Å². The lowest BCUT2D eigenvalue weighted by molar-refractivity contribution is -0.110. The van der Waals surface area contributed by atoms with Gasteiger partial charge in [0, 0.05) is 36.0 Å². The Hall–Kier alpha value is -3.62. The summed E-state index contributed by atoms with van der Waals surface area (Å²) in [4.78, 5) is 14.9. The van der Waals surface area contributed by atoms with Crippen molar-refractivity contribution in [2.24, 2.45) is 0 Å². The molecule has 3 aromatic rings. The smallest absolute Gasteiger partial charge is 0.260 e. The van der Waals surface area contributed by atoms with E-state index in [1.807, 2.05) is 24.3 Å². The number of carbonyl (C=O) groups excluding carboxylic acids is 1. The number of hydrogen-bond acceptors (Lipinski definition) is 5. The first-order chi connectivity index (χ1) is 16.9. The van der Waals surface area contributed by atoms with Crippen LogP contribution in [0.2, 0.25) is 5.02 Å². The van der Waals surface area contributed by atoms with Gasteiger partial charge in [-0.2, -0.15) is 0 Å². The van der Waals surface area contributed by atoms with Crippen molar-refractivity contribution in [2.75, 3.05) is 43.6 Å². The largest absolute Gasteiger partial charge is 0.506 e. The summed E-state index contributed by atoms with van der Waals surface area (Å²) in [5.74, 6) is -3.44. The van der Waals surface area contributed by atoms with Crippen LogP contribution in [-0.4, -0.2) is 44.4 Å². The number of amides is 1. The first kappa shape index (κ1) is 23.1. The van der Waals surface area contributed by atoms with Crippen molar-refractivity contribution in [2.45, 2.75) is 0 Å². The van der Waals surface area contributed by atoms with Gasteiger partial charge in [-0.3, -0.25) is 4.79 Å². The molecule has 0 bridgehead atoms. The summed E-state index contributed by atoms with van der Waals surface area (Å²) in [7, 11) is 1.20. The molecule has 6 nitrogen and oxygen atoms in total. The minimum Gasteiger partial charge on any atom is -0.506 e. The number of ether oxygens (including phenoxy) is 2. The molecule has 35 heavy (non-hydrogen) atoms. The summed E-state index contributed by atoms with van der Waals surface area (Å²) in [6, 6.07) is 12.7. The Kier molecular flexibility index (Phi) is 6.08. The molecule has 0 aromatic heterocycles. The molecule has 9 heteroatoms.